The number of Topliss-reactive ketones (excluding diaryl/α,β-unsaturated/α-hetero) is 1. The Morgan fingerprint density at radius 2 is 1.31 bits per heavy atom. The number of carbonyl (C=O) groups is 1. The number of aliphatic hydroxyl groups is 3. The molecule has 58 heavy (non-hydrogen) atoms. The van der Waals surface area contributed by atoms with E-state index in [1.165, 1.54) is 39.4 Å². The van der Waals surface area contributed by atoms with Crippen molar-refractivity contribution < 1.29 is 58.8 Å². The molecule has 9 N–H and O–H groups in total. The Balaban J connectivity index is 1.16. The number of ketones is 1. The molecule has 0 saturated carbocycles. The van der Waals surface area contributed by atoms with Crippen molar-refractivity contribution in [3.63, 3.8) is 0 Å². The summed E-state index contributed by atoms with van der Waals surface area (Å²) in [4.78, 5) is 107. The van der Waals surface area contributed by atoms with Crippen molar-refractivity contribution in [3.8, 4) is 0 Å². The average molecular weight is 843 g/mol. The van der Waals surface area contributed by atoms with E-state index in [1.807, 2.05) is 0 Å². The van der Waals surface area contributed by atoms with Crippen LogP contribution >= 0.6 is 8.17 Å². The number of aromatic nitrogens is 6. The van der Waals surface area contributed by atoms with Crippen molar-refractivity contribution in [2.75, 3.05) is 13.2 Å². The van der Waals surface area contributed by atoms with Crippen LogP contribution in [0.25, 0.3) is 0 Å². The van der Waals surface area contributed by atoms with E-state index in [9.17, 15) is 53.8 Å². The third kappa shape index (κ3) is 9.28. The van der Waals surface area contributed by atoms with Gasteiger partial charge in [-0.2, -0.15) is 5.90 Å². The first-order valence-electron chi connectivity index (χ1n) is 18.2. The predicted octanol–water partition coefficient (Wildman–Crippen LogP) is -3.21. The Kier molecular flexibility index (Phi) is 13.1. The third-order valence-corrected chi connectivity index (χ3v) is 11.7. The normalized spacial score (nSPS) is 28.8. The second kappa shape index (κ2) is 17.5. The zero-order chi connectivity index (χ0) is 42.2. The standard InChI is InChI=1S/C33H44N7O17P/c1-14-9-38(31(48)35-28(14)45)24-5-17(22(12-41)53-24)4-18(42)6-20(44)27-21(8-26(55-27)40-11-16(3)30(47)37-33(40)50)56-58(51,57-34)52-13-23-19(43)7-25(54-23)39-10-15(2)29(46)36-32(39)49/h9-11,17,19-27,41,43-44H,4-8,12-13H2,1-3,34H3,(H2-,35,36,37,45,46,47,48,49,50)/q+1/p+1/t17-,19-,20?,21-,22+,23+,24+,25+,26+,27+,58?/m0/s1. The van der Waals surface area contributed by atoms with E-state index in [0.29, 0.717) is 0 Å². The largest absolute Gasteiger partial charge is 0.666 e. The molecule has 11 atom stereocenters. The van der Waals surface area contributed by atoms with Gasteiger partial charge in [0.15, 0.2) is 0 Å². The van der Waals surface area contributed by atoms with Crippen LogP contribution in [0.1, 0.15) is 67.5 Å². The second-order valence-corrected chi connectivity index (χ2v) is 16.1. The molecule has 3 aromatic heterocycles. The number of rotatable bonds is 15. The number of nitrogens with one attached hydrogen (secondary N) is 3. The quantitative estimate of drug-likeness (QED) is 0.0585. The minimum atomic E-state index is -4.72. The van der Waals surface area contributed by atoms with Gasteiger partial charge in [0.2, 0.25) is 0 Å². The summed E-state index contributed by atoms with van der Waals surface area (Å²) >= 11 is 0. The second-order valence-electron chi connectivity index (χ2n) is 14.5. The Bertz CT molecular complexity index is 2360. The zero-order valence-electron chi connectivity index (χ0n) is 31.5. The Hall–Kier alpha value is -4.30. The zero-order valence-corrected chi connectivity index (χ0v) is 32.4. The van der Waals surface area contributed by atoms with Gasteiger partial charge in [0, 0.05) is 65.6 Å². The highest BCUT2D eigenvalue weighted by Crippen LogP contribution is 2.60. The van der Waals surface area contributed by atoms with Gasteiger partial charge in [-0.1, -0.05) is 0 Å². The van der Waals surface area contributed by atoms with Crippen LogP contribution in [0.2, 0.25) is 0 Å². The highest BCUT2D eigenvalue weighted by molar-refractivity contribution is 7.55. The lowest BCUT2D eigenvalue weighted by Crippen LogP contribution is -2.50. The number of aliphatic hydroxyl groups excluding tert-OH is 3. The van der Waals surface area contributed by atoms with Crippen LogP contribution in [-0.2, 0) is 37.6 Å². The summed E-state index contributed by atoms with van der Waals surface area (Å²) in [5.41, 5.74) is -3.64. The van der Waals surface area contributed by atoms with Gasteiger partial charge in [-0.25, -0.2) is 14.4 Å². The van der Waals surface area contributed by atoms with E-state index in [4.69, 9.17) is 27.9 Å². The van der Waals surface area contributed by atoms with Gasteiger partial charge < -0.3 is 29.5 Å². The first-order chi connectivity index (χ1) is 27.4. The van der Waals surface area contributed by atoms with Crippen molar-refractivity contribution in [3.05, 3.63) is 97.8 Å². The minimum absolute atomic E-state index is 0.101. The van der Waals surface area contributed by atoms with Gasteiger partial charge in [-0.15, -0.1) is 9.05 Å². The Labute approximate surface area is 326 Å². The van der Waals surface area contributed by atoms with E-state index in [0.717, 1.165) is 13.7 Å². The van der Waals surface area contributed by atoms with Crippen molar-refractivity contribution in [2.24, 2.45) is 5.92 Å². The fourth-order valence-corrected chi connectivity index (χ4v) is 8.30. The maximum absolute atomic E-state index is 13.8. The number of aryl methyl sites for hydroxylation is 3. The molecule has 0 aliphatic carbocycles. The van der Waals surface area contributed by atoms with Gasteiger partial charge in [0.1, 0.15) is 49.4 Å². The first kappa shape index (κ1) is 43.3. The molecule has 0 amide bonds. The summed E-state index contributed by atoms with van der Waals surface area (Å²) in [6, 6.07) is 0. The number of quaternary nitrogens is 1. The summed E-state index contributed by atoms with van der Waals surface area (Å²) in [5, 5.41) is 32.1. The monoisotopic (exact) mass is 842 g/mol. The predicted molar refractivity (Wildman–Crippen MR) is 193 cm³/mol. The van der Waals surface area contributed by atoms with Crippen LogP contribution in [0.3, 0.4) is 0 Å². The number of nitrogens with zero attached hydrogens (tertiary/aromatic N) is 3. The van der Waals surface area contributed by atoms with Crippen molar-refractivity contribution in [1.29, 1.82) is 0 Å². The molecular formula is C33H45N7O17P+2. The maximum Gasteiger partial charge on any atom is 0.666 e. The lowest BCUT2D eigenvalue weighted by atomic mass is 9.91. The summed E-state index contributed by atoms with van der Waals surface area (Å²) in [6.45, 7) is 3.29. The van der Waals surface area contributed by atoms with Gasteiger partial charge in [0.25, 0.3) is 16.7 Å². The van der Waals surface area contributed by atoms with Gasteiger partial charge in [-0.3, -0.25) is 47.8 Å². The van der Waals surface area contributed by atoms with Crippen LogP contribution in [0.15, 0.2) is 47.4 Å². The highest BCUT2D eigenvalue weighted by atomic mass is 31.2. The fraction of sp³-hybridized carbons (Fsp3) is 0.606. The molecule has 0 bridgehead atoms. The number of hydrogen-bond donors (Lipinski definition) is 7. The molecule has 24 nitrogen and oxygen atoms in total. The van der Waals surface area contributed by atoms with Crippen molar-refractivity contribution >= 4 is 14.0 Å². The van der Waals surface area contributed by atoms with Crippen LogP contribution in [0.4, 0.5) is 0 Å². The molecule has 3 aliphatic heterocycles. The molecule has 3 fully saturated rings. The number of H-pyrrole nitrogens is 3. The molecule has 3 aromatic rings. The molecule has 0 spiro atoms. The van der Waals surface area contributed by atoms with Crippen molar-refractivity contribution in [1.82, 2.24) is 28.7 Å². The molecule has 6 heterocycles. The van der Waals surface area contributed by atoms with Crippen LogP contribution in [-0.4, -0.2) is 99.6 Å². The molecule has 25 heteroatoms. The molecule has 1 radical (unpaired) electrons. The number of aromatic amines is 3. The van der Waals surface area contributed by atoms with E-state index in [1.54, 1.807) is 0 Å². The van der Waals surface area contributed by atoms with Crippen LogP contribution < -0.4 is 39.6 Å². The molecule has 3 saturated heterocycles. The topological polar surface area (TPSA) is 345 Å². The maximum atomic E-state index is 13.8. The smallest absolute Gasteiger partial charge is 0.394 e. The average Bonchev–Trinajstić information content (AvgIpc) is 3.88. The fourth-order valence-electron chi connectivity index (χ4n) is 7.23. The number of ether oxygens (including phenoxy) is 3. The molecule has 3 aliphatic rings. The van der Waals surface area contributed by atoms with E-state index in [2.05, 4.69) is 20.8 Å². The van der Waals surface area contributed by atoms with E-state index in [-0.39, 0.29) is 42.4 Å². The summed E-state index contributed by atoms with van der Waals surface area (Å²) in [6.07, 6.45) is -8.35. The van der Waals surface area contributed by atoms with Crippen LogP contribution in [0.5, 0.6) is 0 Å². The molecular weight excluding hydrogens is 797 g/mol. The molecule has 0 aromatic carbocycles. The number of hydrogen-bond acceptors (Lipinski definition) is 16. The first-order valence-corrected chi connectivity index (χ1v) is 19.6. The Morgan fingerprint density at radius 1 is 0.828 bits per heavy atom. The molecule has 317 valence electrons. The summed E-state index contributed by atoms with van der Waals surface area (Å²) < 4.78 is 36.9. The lowest BCUT2D eigenvalue weighted by molar-refractivity contribution is -0.647. The van der Waals surface area contributed by atoms with E-state index >= 15 is 0 Å². The summed E-state index contributed by atoms with van der Waals surface area (Å²) in [7, 11) is -4.72. The minimum Gasteiger partial charge on any atom is -0.394 e. The molecule has 6 rings (SSSR count). The number of carbonyl (C=O) groups excluding carboxylic acids is 1. The van der Waals surface area contributed by atoms with Gasteiger partial charge in [-0.05, 0) is 33.1 Å². The van der Waals surface area contributed by atoms with Gasteiger partial charge in [0.05, 0.1) is 29.8 Å². The highest BCUT2D eigenvalue weighted by Gasteiger charge is 2.59. The van der Waals surface area contributed by atoms with E-state index < -0.39 is 129 Å². The lowest BCUT2D eigenvalue weighted by Gasteiger charge is -2.24. The van der Waals surface area contributed by atoms with Crippen molar-refractivity contribution in [2.45, 2.75) is 108 Å². The SMILES string of the molecule is Cc1cn([C@H]2C[C@H](O[P+]([O])(O[NH3+])OC[C@H]3O[C@@H](n4cc(C)c(=O)[nH]c4=O)C[C@@H]3O)[C@@H](C(O)CC(=O)C[C@H]3C[C@H](n4cc(C)c(=O)[nH]c4=O)O[C@@H]3CO)O2)c(=O)[nH]c1=O. The Morgan fingerprint density at radius 3 is 1.81 bits per heavy atom. The third-order valence-electron chi connectivity index (χ3n) is 10.4. The summed E-state index contributed by atoms with van der Waals surface area (Å²) in [5.74, 6) is 2.04. The van der Waals surface area contributed by atoms with Gasteiger partial charge >= 0.3 is 25.2 Å². The molecule has 2 unspecified atom stereocenters. The van der Waals surface area contributed by atoms with Crippen LogP contribution in [0, 0.1) is 26.7 Å².